The number of hydrogen-bond acceptors (Lipinski definition) is 6. The second kappa shape index (κ2) is 5.98. The molecule has 3 aromatic rings. The average molecular weight is 316 g/mol. The van der Waals surface area contributed by atoms with E-state index in [0.29, 0.717) is 22.2 Å². The van der Waals surface area contributed by atoms with Gasteiger partial charge in [0.25, 0.3) is 0 Å². The van der Waals surface area contributed by atoms with E-state index in [1.807, 2.05) is 0 Å². The highest BCUT2D eigenvalue weighted by atomic mass is 32.1. The number of nitrogens with zero attached hydrogens (tertiary/aromatic N) is 1. The highest BCUT2D eigenvalue weighted by molar-refractivity contribution is 7.08. The molecular weight excluding hydrogens is 304 g/mol. The summed E-state index contributed by atoms with van der Waals surface area (Å²) in [6.07, 6.45) is 2.11. The minimum atomic E-state index is -1.08. The first-order valence-electron chi connectivity index (χ1n) is 6.43. The van der Waals surface area contributed by atoms with E-state index >= 15 is 0 Å². The van der Waals surface area contributed by atoms with Crippen molar-refractivity contribution in [1.82, 2.24) is 9.97 Å². The summed E-state index contributed by atoms with van der Waals surface area (Å²) in [5.74, 6) is -1.22. The van der Waals surface area contributed by atoms with Gasteiger partial charge in [-0.3, -0.25) is 0 Å². The van der Waals surface area contributed by atoms with Gasteiger partial charge in [0.2, 0.25) is 6.10 Å². The Kier molecular flexibility index (Phi) is 3.88. The Morgan fingerprint density at radius 3 is 2.91 bits per heavy atom. The number of carbonyl (C=O) groups is 2. The minimum absolute atomic E-state index is 0.343. The zero-order chi connectivity index (χ0) is 15.5. The summed E-state index contributed by atoms with van der Waals surface area (Å²) in [6, 6.07) is 5.01. The number of ether oxygens (including phenoxy) is 2. The highest BCUT2D eigenvalue weighted by Gasteiger charge is 2.27. The first-order valence-corrected chi connectivity index (χ1v) is 7.38. The Labute approximate surface area is 129 Å². The fraction of sp³-hybridized carbons (Fsp3) is 0.133. The van der Waals surface area contributed by atoms with Crippen molar-refractivity contribution in [3.8, 4) is 0 Å². The van der Waals surface area contributed by atoms with Crippen LogP contribution >= 0.6 is 11.3 Å². The number of hydrogen-bond donors (Lipinski definition) is 1. The fourth-order valence-electron chi connectivity index (χ4n) is 2.09. The van der Waals surface area contributed by atoms with E-state index in [4.69, 9.17) is 9.47 Å². The third-order valence-electron chi connectivity index (χ3n) is 3.17. The summed E-state index contributed by atoms with van der Waals surface area (Å²) in [5, 5.41) is 4.19. The van der Waals surface area contributed by atoms with Crippen LogP contribution in [0, 0.1) is 0 Å². The SMILES string of the molecule is COC(=O)C(OC(=O)c1ccnc2[nH]ccc12)c1ccsc1. The molecule has 1 unspecified atom stereocenters. The van der Waals surface area contributed by atoms with E-state index < -0.39 is 18.0 Å². The molecule has 3 aromatic heterocycles. The lowest BCUT2D eigenvalue weighted by Crippen LogP contribution is -2.21. The van der Waals surface area contributed by atoms with E-state index in [9.17, 15) is 9.59 Å². The zero-order valence-electron chi connectivity index (χ0n) is 11.6. The molecule has 0 aliphatic carbocycles. The Hall–Kier alpha value is -2.67. The van der Waals surface area contributed by atoms with Gasteiger partial charge in [-0.15, -0.1) is 0 Å². The van der Waals surface area contributed by atoms with Gasteiger partial charge in [0.15, 0.2) is 0 Å². The predicted molar refractivity (Wildman–Crippen MR) is 80.6 cm³/mol. The highest BCUT2D eigenvalue weighted by Crippen LogP contribution is 2.24. The van der Waals surface area contributed by atoms with E-state index in [1.54, 1.807) is 35.2 Å². The van der Waals surface area contributed by atoms with Gasteiger partial charge in [-0.2, -0.15) is 11.3 Å². The molecule has 3 heterocycles. The molecule has 0 bridgehead atoms. The molecule has 3 rings (SSSR count). The monoisotopic (exact) mass is 316 g/mol. The van der Waals surface area contributed by atoms with Gasteiger partial charge < -0.3 is 14.5 Å². The average Bonchev–Trinajstić information content (AvgIpc) is 3.21. The van der Waals surface area contributed by atoms with Crippen molar-refractivity contribution < 1.29 is 19.1 Å². The van der Waals surface area contributed by atoms with Crippen LogP contribution in [0.25, 0.3) is 11.0 Å². The molecule has 0 aromatic carbocycles. The van der Waals surface area contributed by atoms with Crippen molar-refractivity contribution in [3.63, 3.8) is 0 Å². The Morgan fingerprint density at radius 1 is 1.32 bits per heavy atom. The number of aromatic nitrogens is 2. The second-order valence-corrected chi connectivity index (χ2v) is 5.24. The molecule has 0 amide bonds. The van der Waals surface area contributed by atoms with Crippen molar-refractivity contribution in [2.45, 2.75) is 6.10 Å². The first kappa shape index (κ1) is 14.3. The number of esters is 2. The molecule has 0 radical (unpaired) electrons. The maximum absolute atomic E-state index is 12.4. The van der Waals surface area contributed by atoms with Crippen LogP contribution in [-0.4, -0.2) is 29.0 Å². The van der Waals surface area contributed by atoms with Crippen molar-refractivity contribution >= 4 is 34.3 Å². The van der Waals surface area contributed by atoms with Crippen LogP contribution in [0.4, 0.5) is 0 Å². The fourth-order valence-corrected chi connectivity index (χ4v) is 2.77. The molecule has 6 nitrogen and oxygen atoms in total. The topological polar surface area (TPSA) is 81.3 Å². The molecular formula is C15H12N2O4S. The zero-order valence-corrected chi connectivity index (χ0v) is 12.4. The minimum Gasteiger partial charge on any atom is -0.466 e. The number of H-pyrrole nitrogens is 1. The van der Waals surface area contributed by atoms with E-state index in [2.05, 4.69) is 9.97 Å². The molecule has 0 aliphatic heterocycles. The van der Waals surface area contributed by atoms with Crippen LogP contribution in [0.3, 0.4) is 0 Å². The van der Waals surface area contributed by atoms with Gasteiger partial charge >= 0.3 is 11.9 Å². The van der Waals surface area contributed by atoms with E-state index in [0.717, 1.165) is 0 Å². The Balaban J connectivity index is 1.91. The van der Waals surface area contributed by atoms with Gasteiger partial charge in [-0.25, -0.2) is 14.6 Å². The van der Waals surface area contributed by atoms with Crippen LogP contribution in [0.2, 0.25) is 0 Å². The molecule has 22 heavy (non-hydrogen) atoms. The molecule has 0 fully saturated rings. The summed E-state index contributed by atoms with van der Waals surface area (Å²) in [6.45, 7) is 0. The third-order valence-corrected chi connectivity index (χ3v) is 3.87. The van der Waals surface area contributed by atoms with Crippen molar-refractivity contribution in [3.05, 3.63) is 52.5 Å². The van der Waals surface area contributed by atoms with Gasteiger partial charge in [-0.05, 0) is 29.0 Å². The number of nitrogens with one attached hydrogen (secondary N) is 1. The van der Waals surface area contributed by atoms with Gasteiger partial charge in [0.05, 0.1) is 12.7 Å². The quantitative estimate of drug-likeness (QED) is 0.748. The summed E-state index contributed by atoms with van der Waals surface area (Å²) < 4.78 is 10.1. The van der Waals surface area contributed by atoms with Crippen LogP contribution in [-0.2, 0) is 14.3 Å². The summed E-state index contributed by atoms with van der Waals surface area (Å²) in [7, 11) is 1.26. The summed E-state index contributed by atoms with van der Waals surface area (Å²) in [5.41, 5.74) is 1.51. The summed E-state index contributed by atoms with van der Waals surface area (Å²) in [4.78, 5) is 31.3. The molecule has 0 spiro atoms. The van der Waals surface area contributed by atoms with Crippen LogP contribution in [0.5, 0.6) is 0 Å². The molecule has 7 heteroatoms. The van der Waals surface area contributed by atoms with Crippen LogP contribution in [0.15, 0.2) is 41.4 Å². The van der Waals surface area contributed by atoms with Crippen molar-refractivity contribution in [2.75, 3.05) is 7.11 Å². The predicted octanol–water partition coefficient (Wildman–Crippen LogP) is 2.70. The van der Waals surface area contributed by atoms with Crippen LogP contribution < -0.4 is 0 Å². The van der Waals surface area contributed by atoms with Gasteiger partial charge in [0.1, 0.15) is 5.65 Å². The molecule has 1 N–H and O–H groups in total. The summed E-state index contributed by atoms with van der Waals surface area (Å²) >= 11 is 1.41. The van der Waals surface area contributed by atoms with E-state index in [1.165, 1.54) is 24.6 Å². The van der Waals surface area contributed by atoms with E-state index in [-0.39, 0.29) is 0 Å². The Morgan fingerprint density at radius 2 is 2.18 bits per heavy atom. The molecule has 0 saturated carbocycles. The normalized spacial score (nSPS) is 12.0. The standard InChI is InChI=1S/C15H12N2O4S/c1-20-15(19)12(9-4-7-22-8-9)21-14(18)11-3-6-17-13-10(11)2-5-16-13/h2-8,12H,1H3,(H,16,17). The first-order chi connectivity index (χ1) is 10.7. The number of pyridine rings is 1. The van der Waals surface area contributed by atoms with Gasteiger partial charge in [-0.1, -0.05) is 0 Å². The molecule has 1 atom stereocenters. The van der Waals surface area contributed by atoms with Crippen molar-refractivity contribution in [1.29, 1.82) is 0 Å². The Bertz CT molecular complexity index is 810. The van der Waals surface area contributed by atoms with Crippen LogP contribution in [0.1, 0.15) is 22.0 Å². The lowest BCUT2D eigenvalue weighted by molar-refractivity contribution is -0.151. The number of fused-ring (bicyclic) bond motifs is 1. The van der Waals surface area contributed by atoms with Crippen molar-refractivity contribution in [2.24, 2.45) is 0 Å². The third kappa shape index (κ3) is 2.58. The second-order valence-electron chi connectivity index (χ2n) is 4.46. The maximum Gasteiger partial charge on any atom is 0.352 e. The molecule has 112 valence electrons. The number of thiophene rings is 1. The lowest BCUT2D eigenvalue weighted by atomic mass is 10.1. The number of carbonyl (C=O) groups excluding carboxylic acids is 2. The van der Waals surface area contributed by atoms with Gasteiger partial charge in [0, 0.05) is 23.3 Å². The molecule has 0 aliphatic rings. The lowest BCUT2D eigenvalue weighted by Gasteiger charge is -2.14. The largest absolute Gasteiger partial charge is 0.466 e. The number of aromatic amines is 1. The molecule has 0 saturated heterocycles. The number of methoxy groups -OCH3 is 1. The maximum atomic E-state index is 12.4. The smallest absolute Gasteiger partial charge is 0.352 e. The number of rotatable bonds is 4.